The summed E-state index contributed by atoms with van der Waals surface area (Å²) in [7, 11) is 0. The lowest BCUT2D eigenvalue weighted by molar-refractivity contribution is 0.0521. The van der Waals surface area contributed by atoms with Gasteiger partial charge in [-0.15, -0.1) is 11.3 Å². The minimum absolute atomic E-state index is 0.177. The fourth-order valence-corrected chi connectivity index (χ4v) is 2.13. The molecule has 0 saturated carbocycles. The van der Waals surface area contributed by atoms with Crippen LogP contribution in [0.2, 0.25) is 0 Å². The summed E-state index contributed by atoms with van der Waals surface area (Å²) in [5.74, 6) is -0.145. The van der Waals surface area contributed by atoms with Crippen molar-refractivity contribution in [3.8, 4) is 0 Å². The number of hydrogen-bond donors (Lipinski definition) is 1. The van der Waals surface area contributed by atoms with Gasteiger partial charge < -0.3 is 15.0 Å². The van der Waals surface area contributed by atoms with Crippen LogP contribution in [0.5, 0.6) is 0 Å². The second-order valence-electron chi connectivity index (χ2n) is 3.57. The average Bonchev–Trinajstić information content (AvgIpc) is 2.96. The molecule has 0 aliphatic rings. The Morgan fingerprint density at radius 3 is 3.06 bits per heavy atom. The van der Waals surface area contributed by atoms with Crippen molar-refractivity contribution < 1.29 is 9.53 Å². The van der Waals surface area contributed by atoms with Crippen molar-refractivity contribution >= 4 is 23.1 Å². The van der Waals surface area contributed by atoms with E-state index in [1.165, 1.54) is 0 Å². The number of aromatic nitrogens is 3. The van der Waals surface area contributed by atoms with E-state index in [-0.39, 0.29) is 5.69 Å². The lowest BCUT2D eigenvalue weighted by atomic mass is 10.4. The average molecular weight is 266 g/mol. The first-order chi connectivity index (χ1) is 8.72. The third kappa shape index (κ3) is 2.67. The molecule has 2 N–H and O–H groups in total. The fraction of sp³-hybridized carbons (Fsp3) is 0.364. The molecule has 0 amide bonds. The Bertz CT molecular complexity index is 521. The number of carbonyl (C=O) groups excluding carboxylic acids is 1. The van der Waals surface area contributed by atoms with Crippen LogP contribution in [0.1, 0.15) is 22.4 Å². The predicted octanol–water partition coefficient (Wildman–Crippen LogP) is 1.34. The van der Waals surface area contributed by atoms with Gasteiger partial charge in [0.2, 0.25) is 0 Å². The Morgan fingerprint density at radius 2 is 2.39 bits per heavy atom. The molecule has 0 aliphatic heterocycles. The highest BCUT2D eigenvalue weighted by Crippen LogP contribution is 2.13. The van der Waals surface area contributed by atoms with Crippen molar-refractivity contribution in [2.75, 3.05) is 12.3 Å². The first-order valence-electron chi connectivity index (χ1n) is 5.58. The predicted molar refractivity (Wildman–Crippen MR) is 68.4 cm³/mol. The highest BCUT2D eigenvalue weighted by Gasteiger charge is 2.16. The number of nitrogens with zero attached hydrogens (tertiary/aromatic N) is 3. The zero-order valence-electron chi connectivity index (χ0n) is 10.00. The largest absolute Gasteiger partial charge is 0.461 e. The summed E-state index contributed by atoms with van der Waals surface area (Å²) in [4.78, 5) is 19.7. The Kier molecular flexibility index (Phi) is 3.93. The van der Waals surface area contributed by atoms with E-state index in [1.54, 1.807) is 35.4 Å². The van der Waals surface area contributed by atoms with Crippen LogP contribution in [0.3, 0.4) is 0 Å². The van der Waals surface area contributed by atoms with Crippen LogP contribution in [0.4, 0.5) is 5.82 Å². The number of carbonyl (C=O) groups is 1. The van der Waals surface area contributed by atoms with Crippen molar-refractivity contribution in [3.63, 3.8) is 0 Å². The van der Waals surface area contributed by atoms with Crippen LogP contribution < -0.4 is 5.73 Å². The highest BCUT2D eigenvalue weighted by molar-refractivity contribution is 7.09. The maximum Gasteiger partial charge on any atom is 0.360 e. The lowest BCUT2D eigenvalue weighted by Gasteiger charge is -2.04. The molecule has 2 aromatic heterocycles. The van der Waals surface area contributed by atoms with E-state index < -0.39 is 5.97 Å². The van der Waals surface area contributed by atoms with Crippen molar-refractivity contribution in [2.45, 2.75) is 19.9 Å². The van der Waals surface area contributed by atoms with Crippen LogP contribution >= 0.6 is 11.3 Å². The van der Waals surface area contributed by atoms with Crippen LogP contribution in [0, 0.1) is 0 Å². The van der Waals surface area contributed by atoms with E-state index in [4.69, 9.17) is 10.5 Å². The van der Waals surface area contributed by atoms with Crippen LogP contribution in [-0.4, -0.2) is 27.1 Å². The Hall–Kier alpha value is -1.89. The molecule has 18 heavy (non-hydrogen) atoms. The fourth-order valence-electron chi connectivity index (χ4n) is 1.52. The number of ether oxygens (including phenoxy) is 1. The Labute approximate surface area is 108 Å². The SMILES string of the molecule is CCOC(=O)c1ncn(CCc2nccs2)c1N. The molecule has 0 spiro atoms. The lowest BCUT2D eigenvalue weighted by Crippen LogP contribution is -2.10. The molecular weight excluding hydrogens is 252 g/mol. The minimum atomic E-state index is -0.483. The van der Waals surface area contributed by atoms with Gasteiger partial charge in [0.1, 0.15) is 5.82 Å². The summed E-state index contributed by atoms with van der Waals surface area (Å²) in [5.41, 5.74) is 6.03. The van der Waals surface area contributed by atoms with Gasteiger partial charge in [0.15, 0.2) is 5.69 Å². The van der Waals surface area contributed by atoms with Gasteiger partial charge in [0.05, 0.1) is 17.9 Å². The van der Waals surface area contributed by atoms with Crippen LogP contribution in [0.15, 0.2) is 17.9 Å². The van der Waals surface area contributed by atoms with E-state index in [9.17, 15) is 4.79 Å². The van der Waals surface area contributed by atoms with Crippen molar-refractivity contribution in [2.24, 2.45) is 0 Å². The number of esters is 1. The number of imidazole rings is 1. The molecule has 96 valence electrons. The molecule has 2 aromatic rings. The molecule has 0 unspecified atom stereocenters. The molecular formula is C11H14N4O2S. The topological polar surface area (TPSA) is 83.0 Å². The summed E-state index contributed by atoms with van der Waals surface area (Å²) in [6.07, 6.45) is 4.08. The standard InChI is InChI=1S/C11H14N4O2S/c1-2-17-11(16)9-10(12)15(7-14-9)5-3-8-13-4-6-18-8/h4,6-7H,2-3,5,12H2,1H3. The third-order valence-corrected chi connectivity index (χ3v) is 3.24. The van der Waals surface area contributed by atoms with E-state index in [0.29, 0.717) is 19.0 Å². The zero-order valence-corrected chi connectivity index (χ0v) is 10.8. The number of aryl methyl sites for hydroxylation is 2. The maximum absolute atomic E-state index is 11.5. The molecule has 0 aromatic carbocycles. The van der Waals surface area contributed by atoms with Gasteiger partial charge in [-0.05, 0) is 6.92 Å². The molecule has 0 saturated heterocycles. The first kappa shape index (κ1) is 12.6. The Morgan fingerprint density at radius 1 is 1.56 bits per heavy atom. The van der Waals surface area contributed by atoms with Gasteiger partial charge in [0.25, 0.3) is 0 Å². The number of rotatable bonds is 5. The molecule has 0 atom stereocenters. The van der Waals surface area contributed by atoms with Gasteiger partial charge in [0, 0.05) is 24.5 Å². The van der Waals surface area contributed by atoms with Gasteiger partial charge in [-0.3, -0.25) is 0 Å². The number of nitrogens with two attached hydrogens (primary N) is 1. The molecule has 0 bridgehead atoms. The smallest absolute Gasteiger partial charge is 0.360 e. The summed E-state index contributed by atoms with van der Waals surface area (Å²) < 4.78 is 6.60. The third-order valence-electron chi connectivity index (χ3n) is 2.40. The molecule has 0 aliphatic carbocycles. The van der Waals surface area contributed by atoms with Gasteiger partial charge in [-0.1, -0.05) is 0 Å². The summed E-state index contributed by atoms with van der Waals surface area (Å²) in [5, 5.41) is 2.96. The van der Waals surface area contributed by atoms with Gasteiger partial charge in [-0.2, -0.15) is 0 Å². The van der Waals surface area contributed by atoms with E-state index >= 15 is 0 Å². The number of nitrogen functional groups attached to an aromatic ring is 1. The van der Waals surface area contributed by atoms with Gasteiger partial charge in [-0.25, -0.2) is 14.8 Å². The Balaban J connectivity index is 2.04. The van der Waals surface area contributed by atoms with Crippen molar-refractivity contribution in [1.82, 2.24) is 14.5 Å². The van der Waals surface area contributed by atoms with Crippen LogP contribution in [0.25, 0.3) is 0 Å². The molecule has 0 fully saturated rings. The van der Waals surface area contributed by atoms with Gasteiger partial charge >= 0.3 is 5.97 Å². The number of thiazole rings is 1. The molecule has 2 rings (SSSR count). The first-order valence-corrected chi connectivity index (χ1v) is 6.46. The quantitative estimate of drug-likeness (QED) is 0.826. The minimum Gasteiger partial charge on any atom is -0.461 e. The van der Waals surface area contributed by atoms with E-state index in [1.807, 2.05) is 5.38 Å². The molecule has 6 nitrogen and oxygen atoms in total. The van der Waals surface area contributed by atoms with Crippen LogP contribution in [-0.2, 0) is 17.7 Å². The summed E-state index contributed by atoms with van der Waals surface area (Å²) in [6.45, 7) is 2.70. The number of hydrogen-bond acceptors (Lipinski definition) is 6. The summed E-state index contributed by atoms with van der Waals surface area (Å²) >= 11 is 1.59. The second kappa shape index (κ2) is 5.63. The molecule has 2 heterocycles. The zero-order chi connectivity index (χ0) is 13.0. The van der Waals surface area contributed by atoms with E-state index in [2.05, 4.69) is 9.97 Å². The highest BCUT2D eigenvalue weighted by atomic mass is 32.1. The summed E-state index contributed by atoms with van der Waals surface area (Å²) in [6, 6.07) is 0. The monoisotopic (exact) mass is 266 g/mol. The number of anilines is 1. The molecule has 7 heteroatoms. The molecule has 0 radical (unpaired) electrons. The maximum atomic E-state index is 11.5. The van der Waals surface area contributed by atoms with E-state index in [0.717, 1.165) is 11.4 Å². The second-order valence-corrected chi connectivity index (χ2v) is 4.55. The van der Waals surface area contributed by atoms with Crippen molar-refractivity contribution in [1.29, 1.82) is 0 Å². The van der Waals surface area contributed by atoms with Crippen molar-refractivity contribution in [3.05, 3.63) is 28.6 Å². The normalized spacial score (nSPS) is 10.5.